The predicted molar refractivity (Wildman–Crippen MR) is 32.6 cm³/mol. The smallest absolute Gasteiger partial charge is 0.150 e. The van der Waals surface area contributed by atoms with E-state index in [1.807, 2.05) is 18.9 Å². The van der Waals surface area contributed by atoms with Gasteiger partial charge in [-0.3, -0.25) is 0 Å². The maximum absolute atomic E-state index is 5.39. The molecule has 0 saturated heterocycles. The third-order valence-electron chi connectivity index (χ3n) is 0.374. The minimum absolute atomic E-state index is 0.368. The number of hydrogen-bond donors (Lipinski definition) is 1. The molecule has 0 fully saturated rings. The molecule has 0 aliphatic heterocycles. The minimum atomic E-state index is -0.368. The third-order valence-corrected chi connectivity index (χ3v) is 1.32. The molecule has 0 unspecified atom stereocenters. The van der Waals surface area contributed by atoms with Crippen LogP contribution in [0.1, 0.15) is 0 Å². The molecule has 0 rings (SSSR count). The van der Waals surface area contributed by atoms with Gasteiger partial charge in [-0.2, -0.15) is 11.1 Å². The highest BCUT2D eigenvalue weighted by Crippen LogP contribution is 1.66. The van der Waals surface area contributed by atoms with E-state index in [2.05, 4.69) is 5.32 Å². The van der Waals surface area contributed by atoms with E-state index in [-0.39, 0.29) is 8.83 Å². The second-order valence-electron chi connectivity index (χ2n) is 0.845. The summed E-state index contributed by atoms with van der Waals surface area (Å²) in [5.74, 6) is 0. The summed E-state index contributed by atoms with van der Waals surface area (Å²) < 4.78 is 0. The molecule has 0 aromatic rings. The Balaban J connectivity index is 2.73. The first kappa shape index (κ1) is 6.05. The maximum atomic E-state index is 5.39. The van der Waals surface area contributed by atoms with E-state index in [1.54, 1.807) is 0 Å². The van der Waals surface area contributed by atoms with Crippen molar-refractivity contribution in [2.45, 2.75) is 0 Å². The Kier molecular flexibility index (Phi) is 5.09. The summed E-state index contributed by atoms with van der Waals surface area (Å²) in [5, 5.41) is 2.84. The van der Waals surface area contributed by atoms with Crippen LogP contribution in [0.3, 0.4) is 0 Å². The van der Waals surface area contributed by atoms with Gasteiger partial charge in [-0.15, -0.1) is 0 Å². The largest absolute Gasteiger partial charge is 0.395 e. The Bertz CT molecular complexity index is 40.1. The molecule has 36 valence electrons. The SMILES string of the molecule is CNC=C[SiH2]Cl. The van der Waals surface area contributed by atoms with E-state index in [1.165, 1.54) is 0 Å². The Morgan fingerprint density at radius 1 is 1.83 bits per heavy atom. The van der Waals surface area contributed by atoms with Crippen molar-refractivity contribution in [3.63, 3.8) is 0 Å². The van der Waals surface area contributed by atoms with Crippen molar-refractivity contribution in [1.82, 2.24) is 5.32 Å². The van der Waals surface area contributed by atoms with Crippen LogP contribution in [-0.2, 0) is 0 Å². The maximum Gasteiger partial charge on any atom is 0.150 e. The Labute approximate surface area is 44.9 Å². The van der Waals surface area contributed by atoms with Gasteiger partial charge < -0.3 is 5.32 Å². The molecule has 0 bridgehead atoms. The molecule has 1 N–H and O–H groups in total. The van der Waals surface area contributed by atoms with Gasteiger partial charge in [0.1, 0.15) is 8.83 Å². The first-order valence-electron chi connectivity index (χ1n) is 1.80. The highest BCUT2D eigenvalue weighted by Gasteiger charge is 1.61. The molecule has 0 radical (unpaired) electrons. The highest BCUT2D eigenvalue weighted by molar-refractivity contribution is 6.96. The summed E-state index contributed by atoms with van der Waals surface area (Å²) in [6, 6.07) is 0. The number of nitrogens with one attached hydrogen (secondary N) is 1. The van der Waals surface area contributed by atoms with Crippen molar-refractivity contribution in [2.24, 2.45) is 0 Å². The van der Waals surface area contributed by atoms with Crippen LogP contribution >= 0.6 is 11.1 Å². The molecule has 0 saturated carbocycles. The van der Waals surface area contributed by atoms with Crippen LogP contribution in [0.15, 0.2) is 11.9 Å². The first-order valence-corrected chi connectivity index (χ1v) is 4.75. The molecule has 0 aliphatic rings. The van der Waals surface area contributed by atoms with E-state index in [0.29, 0.717) is 0 Å². The van der Waals surface area contributed by atoms with Crippen molar-refractivity contribution in [3.05, 3.63) is 11.9 Å². The topological polar surface area (TPSA) is 12.0 Å². The van der Waals surface area contributed by atoms with Gasteiger partial charge in [-0.25, -0.2) is 0 Å². The fourth-order valence-corrected chi connectivity index (χ4v) is 0.754. The van der Waals surface area contributed by atoms with Crippen LogP contribution in [0.5, 0.6) is 0 Å². The predicted octanol–water partition coefficient (Wildman–Crippen LogP) is -0.000400. The molecule has 3 heteroatoms. The van der Waals surface area contributed by atoms with Crippen LogP contribution in [-0.4, -0.2) is 15.9 Å². The molecular weight excluding hydrogens is 114 g/mol. The number of hydrogen-bond acceptors (Lipinski definition) is 1. The summed E-state index contributed by atoms with van der Waals surface area (Å²) in [4.78, 5) is 0. The van der Waals surface area contributed by atoms with E-state index in [0.717, 1.165) is 0 Å². The van der Waals surface area contributed by atoms with Crippen LogP contribution in [0, 0.1) is 0 Å². The van der Waals surface area contributed by atoms with Gasteiger partial charge in [0.25, 0.3) is 0 Å². The summed E-state index contributed by atoms with van der Waals surface area (Å²) >= 11 is 5.39. The third kappa shape index (κ3) is 4.05. The normalized spacial score (nSPS) is 11.7. The molecule has 0 aromatic carbocycles. The van der Waals surface area contributed by atoms with Crippen molar-refractivity contribution in [3.8, 4) is 0 Å². The van der Waals surface area contributed by atoms with E-state index in [4.69, 9.17) is 11.1 Å². The molecular formula is C3H8ClNSi. The minimum Gasteiger partial charge on any atom is -0.395 e. The van der Waals surface area contributed by atoms with Gasteiger partial charge in [0.05, 0.1) is 0 Å². The Morgan fingerprint density at radius 3 is 2.67 bits per heavy atom. The van der Waals surface area contributed by atoms with Gasteiger partial charge >= 0.3 is 0 Å². The van der Waals surface area contributed by atoms with Crippen molar-refractivity contribution >= 4 is 19.9 Å². The molecule has 1 nitrogen and oxygen atoms in total. The van der Waals surface area contributed by atoms with Gasteiger partial charge in [0.2, 0.25) is 0 Å². The molecule has 0 aromatic heterocycles. The summed E-state index contributed by atoms with van der Waals surface area (Å²) in [7, 11) is 1.49. The van der Waals surface area contributed by atoms with Gasteiger partial charge in [0, 0.05) is 7.05 Å². The average molecular weight is 122 g/mol. The highest BCUT2D eigenvalue weighted by atomic mass is 35.6. The van der Waals surface area contributed by atoms with E-state index < -0.39 is 0 Å². The zero-order valence-corrected chi connectivity index (χ0v) is 5.91. The summed E-state index contributed by atoms with van der Waals surface area (Å²) in [6.07, 6.45) is 1.86. The van der Waals surface area contributed by atoms with Gasteiger partial charge in [-0.1, -0.05) is 5.70 Å². The number of halogens is 1. The molecule has 0 atom stereocenters. The Morgan fingerprint density at radius 2 is 2.50 bits per heavy atom. The van der Waals surface area contributed by atoms with Crippen molar-refractivity contribution in [2.75, 3.05) is 7.05 Å². The van der Waals surface area contributed by atoms with Crippen LogP contribution in [0.2, 0.25) is 0 Å². The van der Waals surface area contributed by atoms with Crippen molar-refractivity contribution < 1.29 is 0 Å². The van der Waals surface area contributed by atoms with Gasteiger partial charge in [-0.05, 0) is 6.20 Å². The van der Waals surface area contributed by atoms with E-state index >= 15 is 0 Å². The summed E-state index contributed by atoms with van der Waals surface area (Å²) in [5.41, 5.74) is 1.97. The van der Waals surface area contributed by atoms with Crippen LogP contribution in [0.25, 0.3) is 0 Å². The summed E-state index contributed by atoms with van der Waals surface area (Å²) in [6.45, 7) is 0. The Hall–Kier alpha value is 0.0469. The van der Waals surface area contributed by atoms with E-state index in [9.17, 15) is 0 Å². The lowest BCUT2D eigenvalue weighted by Gasteiger charge is -1.77. The quantitative estimate of drug-likeness (QED) is 0.401. The first-order chi connectivity index (χ1) is 2.91. The molecule has 0 heterocycles. The second-order valence-corrected chi connectivity index (χ2v) is 2.55. The lowest BCUT2D eigenvalue weighted by Crippen LogP contribution is -1.91. The molecule has 0 aliphatic carbocycles. The molecule has 0 spiro atoms. The average Bonchev–Trinajstić information content (AvgIpc) is 1.61. The lowest BCUT2D eigenvalue weighted by molar-refractivity contribution is 1.11. The van der Waals surface area contributed by atoms with Gasteiger partial charge in [0.15, 0.2) is 0 Å². The van der Waals surface area contributed by atoms with Crippen molar-refractivity contribution in [1.29, 1.82) is 0 Å². The fourth-order valence-electron chi connectivity index (χ4n) is 0.162. The van der Waals surface area contributed by atoms with Crippen LogP contribution in [0.4, 0.5) is 0 Å². The lowest BCUT2D eigenvalue weighted by atomic mass is 11.0. The number of rotatable bonds is 2. The van der Waals surface area contributed by atoms with Crippen LogP contribution < -0.4 is 5.32 Å². The second kappa shape index (κ2) is 5.05. The standard InChI is InChI=1S/C3H8ClNSi/c1-5-2-3-6-4/h2-3,5H,6H2,1H3. The monoisotopic (exact) mass is 121 g/mol. The molecule has 6 heavy (non-hydrogen) atoms. The zero-order chi connectivity index (χ0) is 4.83. The fraction of sp³-hybridized carbons (Fsp3) is 0.333. The zero-order valence-electron chi connectivity index (χ0n) is 3.74. The molecule has 0 amide bonds.